The van der Waals surface area contributed by atoms with Gasteiger partial charge < -0.3 is 14.2 Å². The Morgan fingerprint density at radius 2 is 0.500 bits per heavy atom. The second kappa shape index (κ2) is 60.9. The van der Waals surface area contributed by atoms with Gasteiger partial charge in [-0.3, -0.25) is 14.4 Å². The zero-order valence-electron chi connectivity index (χ0n) is 48.2. The lowest BCUT2D eigenvalue weighted by Crippen LogP contribution is -2.30. The van der Waals surface area contributed by atoms with E-state index in [1.54, 1.807) is 0 Å². The third-order valence-corrected chi connectivity index (χ3v) is 14.1. The van der Waals surface area contributed by atoms with Gasteiger partial charge in [0.15, 0.2) is 6.10 Å². The molecule has 0 N–H and O–H groups in total. The number of unbranched alkanes of at least 4 members (excludes halogenated alkanes) is 39. The molecule has 0 aliphatic heterocycles. The molecule has 72 heavy (non-hydrogen) atoms. The van der Waals surface area contributed by atoms with Crippen molar-refractivity contribution in [2.75, 3.05) is 13.2 Å². The summed E-state index contributed by atoms with van der Waals surface area (Å²) < 4.78 is 16.9. The lowest BCUT2D eigenvalue weighted by molar-refractivity contribution is -0.167. The molecular weight excluding hydrogens is 889 g/mol. The fourth-order valence-corrected chi connectivity index (χ4v) is 9.27. The van der Waals surface area contributed by atoms with Crippen LogP contribution in [0, 0.1) is 0 Å². The molecule has 0 radical (unpaired) electrons. The predicted octanol–water partition coefficient (Wildman–Crippen LogP) is 21.4. The van der Waals surface area contributed by atoms with Crippen LogP contribution >= 0.6 is 0 Å². The minimum Gasteiger partial charge on any atom is -0.462 e. The zero-order valence-corrected chi connectivity index (χ0v) is 48.2. The Hall–Kier alpha value is -2.63. The topological polar surface area (TPSA) is 78.9 Å². The molecule has 0 bridgehead atoms. The monoisotopic (exact) mass is 1010 g/mol. The van der Waals surface area contributed by atoms with Gasteiger partial charge in [-0.15, -0.1) is 0 Å². The summed E-state index contributed by atoms with van der Waals surface area (Å²) in [6, 6.07) is 0. The number of ether oxygens (including phenoxy) is 3. The summed E-state index contributed by atoms with van der Waals surface area (Å²) >= 11 is 0. The molecule has 0 aromatic heterocycles. The first-order valence-electron chi connectivity index (χ1n) is 31.6. The molecule has 0 amide bonds. The first-order valence-corrected chi connectivity index (χ1v) is 31.6. The van der Waals surface area contributed by atoms with Crippen LogP contribution in [0.1, 0.15) is 335 Å². The largest absolute Gasteiger partial charge is 0.462 e. The van der Waals surface area contributed by atoms with E-state index in [2.05, 4.69) is 69.4 Å². The van der Waals surface area contributed by atoms with E-state index in [-0.39, 0.29) is 31.1 Å². The van der Waals surface area contributed by atoms with Crippen LogP contribution in [0.3, 0.4) is 0 Å². The van der Waals surface area contributed by atoms with Gasteiger partial charge >= 0.3 is 17.9 Å². The Morgan fingerprint density at radius 3 is 0.778 bits per heavy atom. The van der Waals surface area contributed by atoms with E-state index >= 15 is 0 Å². The van der Waals surface area contributed by atoms with Gasteiger partial charge in [-0.25, -0.2) is 0 Å². The van der Waals surface area contributed by atoms with Crippen molar-refractivity contribution in [3.63, 3.8) is 0 Å². The van der Waals surface area contributed by atoms with Crippen molar-refractivity contribution in [3.8, 4) is 0 Å². The van der Waals surface area contributed by atoms with E-state index in [9.17, 15) is 14.4 Å². The minimum atomic E-state index is -0.775. The molecule has 0 aromatic rings. The zero-order chi connectivity index (χ0) is 52.2. The first kappa shape index (κ1) is 69.4. The summed E-state index contributed by atoms with van der Waals surface area (Å²) in [5, 5.41) is 0. The number of allylic oxidation sites excluding steroid dienone is 8. The number of carbonyl (C=O) groups excluding carboxylic acids is 3. The Morgan fingerprint density at radius 1 is 0.278 bits per heavy atom. The summed E-state index contributed by atoms with van der Waals surface area (Å²) in [4.78, 5) is 38.2. The maximum atomic E-state index is 12.9. The standard InChI is InChI=1S/C66H120O6/c1-4-7-10-13-16-19-22-24-26-28-30-31-32-33-34-35-36-38-39-41-44-47-50-53-56-59-65(68)71-62-63(61-70-64(67)58-55-52-49-46-43-21-18-15-12-9-6-3)72-66(69)60-57-54-51-48-45-42-40-37-29-27-25-23-20-17-14-11-8-5-2/h20,22-24,27-30,63H,4-19,21,25-26,31-62H2,1-3H3/b23-20-,24-22-,29-27-,30-28-. The van der Waals surface area contributed by atoms with Gasteiger partial charge in [-0.05, 0) is 83.5 Å². The lowest BCUT2D eigenvalue weighted by Gasteiger charge is -2.18. The lowest BCUT2D eigenvalue weighted by atomic mass is 10.0. The highest BCUT2D eigenvalue weighted by Gasteiger charge is 2.19. The number of hydrogen-bond acceptors (Lipinski definition) is 6. The van der Waals surface area contributed by atoms with Gasteiger partial charge in [0.05, 0.1) is 0 Å². The van der Waals surface area contributed by atoms with Gasteiger partial charge in [0, 0.05) is 19.3 Å². The maximum absolute atomic E-state index is 12.9. The Labute approximate surface area is 448 Å². The minimum absolute atomic E-state index is 0.0729. The van der Waals surface area contributed by atoms with Crippen molar-refractivity contribution in [2.24, 2.45) is 0 Å². The molecule has 0 aromatic carbocycles. The average molecular weight is 1010 g/mol. The molecule has 0 aliphatic carbocycles. The number of esters is 3. The molecule has 0 saturated heterocycles. The van der Waals surface area contributed by atoms with Gasteiger partial charge in [-0.1, -0.05) is 281 Å². The summed E-state index contributed by atoms with van der Waals surface area (Å²) in [5.41, 5.74) is 0. The van der Waals surface area contributed by atoms with Crippen molar-refractivity contribution >= 4 is 17.9 Å². The highest BCUT2D eigenvalue weighted by atomic mass is 16.6. The van der Waals surface area contributed by atoms with Crippen LogP contribution < -0.4 is 0 Å². The maximum Gasteiger partial charge on any atom is 0.306 e. The van der Waals surface area contributed by atoms with Gasteiger partial charge in [0.2, 0.25) is 0 Å². The highest BCUT2D eigenvalue weighted by Crippen LogP contribution is 2.17. The van der Waals surface area contributed by atoms with Crippen molar-refractivity contribution in [3.05, 3.63) is 48.6 Å². The molecule has 0 saturated carbocycles. The van der Waals surface area contributed by atoms with Crippen LogP contribution in [0.4, 0.5) is 0 Å². The van der Waals surface area contributed by atoms with Crippen LogP contribution in [0.15, 0.2) is 48.6 Å². The van der Waals surface area contributed by atoms with E-state index in [0.29, 0.717) is 19.3 Å². The van der Waals surface area contributed by atoms with Crippen LogP contribution in [0.5, 0.6) is 0 Å². The van der Waals surface area contributed by atoms with Crippen LogP contribution in [-0.2, 0) is 28.6 Å². The summed E-state index contributed by atoms with van der Waals surface area (Å²) in [6.45, 7) is 6.64. The molecular formula is C66H120O6. The first-order chi connectivity index (χ1) is 35.5. The molecule has 0 aliphatic rings. The number of carbonyl (C=O) groups is 3. The highest BCUT2D eigenvalue weighted by molar-refractivity contribution is 5.71. The van der Waals surface area contributed by atoms with Gasteiger partial charge in [0.25, 0.3) is 0 Å². The van der Waals surface area contributed by atoms with Gasteiger partial charge in [-0.2, -0.15) is 0 Å². The Balaban J connectivity index is 4.24. The fourth-order valence-electron chi connectivity index (χ4n) is 9.27. The second-order valence-corrected chi connectivity index (χ2v) is 21.3. The fraction of sp³-hybridized carbons (Fsp3) is 0.833. The smallest absolute Gasteiger partial charge is 0.306 e. The molecule has 1 atom stereocenters. The molecule has 6 nitrogen and oxygen atoms in total. The Kier molecular flexibility index (Phi) is 58.7. The summed E-state index contributed by atoms with van der Waals surface area (Å²) in [5.74, 6) is -0.864. The van der Waals surface area contributed by atoms with Crippen LogP contribution in [-0.4, -0.2) is 37.2 Å². The van der Waals surface area contributed by atoms with Crippen molar-refractivity contribution in [1.29, 1.82) is 0 Å². The molecule has 420 valence electrons. The Bertz CT molecular complexity index is 1250. The molecule has 0 rings (SSSR count). The number of rotatable bonds is 58. The van der Waals surface area contributed by atoms with Crippen LogP contribution in [0.25, 0.3) is 0 Å². The van der Waals surface area contributed by atoms with E-state index in [0.717, 1.165) is 77.0 Å². The average Bonchev–Trinajstić information content (AvgIpc) is 3.38. The third kappa shape index (κ3) is 58.3. The predicted molar refractivity (Wildman–Crippen MR) is 312 cm³/mol. The van der Waals surface area contributed by atoms with Gasteiger partial charge in [0.1, 0.15) is 13.2 Å². The molecule has 0 heterocycles. The normalized spacial score (nSPS) is 12.3. The molecule has 0 spiro atoms. The third-order valence-electron chi connectivity index (χ3n) is 14.1. The summed E-state index contributed by atoms with van der Waals surface area (Å²) in [6.07, 6.45) is 75.4. The van der Waals surface area contributed by atoms with Crippen molar-refractivity contribution in [2.45, 2.75) is 341 Å². The second-order valence-electron chi connectivity index (χ2n) is 21.3. The SMILES string of the molecule is CCCCCC/C=C\C/C=C\CCCCCCCCCC(=O)OC(COC(=O)CCCCCCCCCCCCC)COC(=O)CCCCCCCCCCCCCCC/C=C\C/C=C\CCCCCCC. The van der Waals surface area contributed by atoms with Crippen molar-refractivity contribution in [1.82, 2.24) is 0 Å². The molecule has 6 heteroatoms. The molecule has 1 unspecified atom stereocenters. The quantitative estimate of drug-likeness (QED) is 0.0261. The van der Waals surface area contributed by atoms with E-state index in [1.165, 1.54) is 218 Å². The number of hydrogen-bond donors (Lipinski definition) is 0. The summed E-state index contributed by atoms with van der Waals surface area (Å²) in [7, 11) is 0. The van der Waals surface area contributed by atoms with Crippen molar-refractivity contribution < 1.29 is 28.6 Å². The van der Waals surface area contributed by atoms with E-state index in [1.807, 2.05) is 0 Å². The van der Waals surface area contributed by atoms with E-state index < -0.39 is 6.10 Å². The molecule has 0 fully saturated rings. The van der Waals surface area contributed by atoms with Crippen LogP contribution in [0.2, 0.25) is 0 Å². The van der Waals surface area contributed by atoms with E-state index in [4.69, 9.17) is 14.2 Å².